The van der Waals surface area contributed by atoms with Crippen LogP contribution in [-0.4, -0.2) is 50.1 Å². The summed E-state index contributed by atoms with van der Waals surface area (Å²) in [4.78, 5) is 4.91. The topological polar surface area (TPSA) is 6.48 Å². The van der Waals surface area contributed by atoms with Crippen molar-refractivity contribution in [3.8, 4) is 0 Å². The molecule has 0 spiro atoms. The largest absolute Gasteiger partial charge is 0.308 e. The van der Waals surface area contributed by atoms with E-state index in [0.29, 0.717) is 0 Å². The molecular weight excluding hydrogens is 256 g/mol. The minimum atomic E-state index is 0.838. The highest BCUT2D eigenvalue weighted by Crippen LogP contribution is 2.08. The summed E-state index contributed by atoms with van der Waals surface area (Å²) in [6, 6.07) is 10.9. The zero-order valence-corrected chi connectivity index (χ0v) is 14.5. The van der Waals surface area contributed by atoms with Crippen LogP contribution >= 0.6 is 0 Å². The van der Waals surface area contributed by atoms with Crippen LogP contribution in [0.25, 0.3) is 0 Å². The minimum absolute atomic E-state index is 0.838. The molecule has 0 fully saturated rings. The number of benzene rings is 1. The number of likely N-dealkylation sites (N-methyl/N-ethyl adjacent to an activating group) is 1. The second kappa shape index (κ2) is 10.8. The molecule has 0 N–H and O–H groups in total. The van der Waals surface area contributed by atoms with Gasteiger partial charge in [-0.1, -0.05) is 57.0 Å². The Hall–Kier alpha value is -0.860. The second-order valence-electron chi connectivity index (χ2n) is 6.77. The molecule has 2 nitrogen and oxygen atoms in total. The van der Waals surface area contributed by atoms with Crippen LogP contribution in [0.4, 0.5) is 0 Å². The Bertz CT molecular complexity index is 346. The molecule has 21 heavy (non-hydrogen) atoms. The minimum Gasteiger partial charge on any atom is -0.308 e. The van der Waals surface area contributed by atoms with E-state index >= 15 is 0 Å². The van der Waals surface area contributed by atoms with Gasteiger partial charge in [0.2, 0.25) is 0 Å². The van der Waals surface area contributed by atoms with E-state index in [1.807, 2.05) is 0 Å². The van der Waals surface area contributed by atoms with Gasteiger partial charge in [0, 0.05) is 19.6 Å². The standard InChI is InChI=1S/C19H34N2/c1-18(2)10-8-9-14-21(17-16-20(3)4)15-13-19-11-6-5-7-12-19/h5-7,11-12,18H,8-10,13-17H2,1-4H3. The fourth-order valence-electron chi connectivity index (χ4n) is 2.50. The first-order valence-corrected chi connectivity index (χ1v) is 8.49. The SMILES string of the molecule is CC(C)CCCCN(CCc1ccccc1)CCN(C)C. The average Bonchev–Trinajstić information content (AvgIpc) is 2.46. The quantitative estimate of drug-likeness (QED) is 0.570. The fraction of sp³-hybridized carbons (Fsp3) is 0.684. The fourth-order valence-corrected chi connectivity index (χ4v) is 2.50. The zero-order valence-electron chi connectivity index (χ0n) is 14.5. The lowest BCUT2D eigenvalue weighted by molar-refractivity contribution is 0.237. The zero-order chi connectivity index (χ0) is 15.5. The van der Waals surface area contributed by atoms with Crippen LogP contribution in [0.3, 0.4) is 0 Å². The molecule has 0 saturated heterocycles. The first-order valence-electron chi connectivity index (χ1n) is 8.49. The molecule has 120 valence electrons. The Labute approximate surface area is 132 Å². The highest BCUT2D eigenvalue weighted by molar-refractivity contribution is 5.14. The van der Waals surface area contributed by atoms with Gasteiger partial charge in [0.15, 0.2) is 0 Å². The number of hydrogen-bond acceptors (Lipinski definition) is 2. The van der Waals surface area contributed by atoms with Gasteiger partial charge in [0.25, 0.3) is 0 Å². The summed E-state index contributed by atoms with van der Waals surface area (Å²) < 4.78 is 0. The molecule has 0 aromatic heterocycles. The van der Waals surface area contributed by atoms with Gasteiger partial charge >= 0.3 is 0 Å². The lowest BCUT2D eigenvalue weighted by Crippen LogP contribution is -2.34. The second-order valence-corrected chi connectivity index (χ2v) is 6.77. The summed E-state index contributed by atoms with van der Waals surface area (Å²) in [7, 11) is 4.32. The Morgan fingerprint density at radius 3 is 2.19 bits per heavy atom. The summed E-state index contributed by atoms with van der Waals surface area (Å²) in [5.41, 5.74) is 1.45. The van der Waals surface area contributed by atoms with E-state index < -0.39 is 0 Å². The van der Waals surface area contributed by atoms with Crippen molar-refractivity contribution in [2.75, 3.05) is 40.3 Å². The third-order valence-corrected chi connectivity index (χ3v) is 3.93. The molecule has 0 saturated carbocycles. The molecular formula is C19H34N2. The molecule has 2 heteroatoms. The van der Waals surface area contributed by atoms with Gasteiger partial charge in [0.05, 0.1) is 0 Å². The molecule has 1 rings (SSSR count). The van der Waals surface area contributed by atoms with E-state index in [-0.39, 0.29) is 0 Å². The molecule has 0 amide bonds. The smallest absolute Gasteiger partial charge is 0.0109 e. The van der Waals surface area contributed by atoms with Gasteiger partial charge in [-0.25, -0.2) is 0 Å². The maximum absolute atomic E-state index is 2.63. The van der Waals surface area contributed by atoms with Crippen molar-refractivity contribution in [3.05, 3.63) is 35.9 Å². The van der Waals surface area contributed by atoms with Crippen LogP contribution in [0.1, 0.15) is 38.7 Å². The van der Waals surface area contributed by atoms with Gasteiger partial charge in [0.1, 0.15) is 0 Å². The number of nitrogens with zero attached hydrogens (tertiary/aromatic N) is 2. The van der Waals surface area contributed by atoms with Crippen LogP contribution in [0.15, 0.2) is 30.3 Å². The molecule has 0 aliphatic rings. The van der Waals surface area contributed by atoms with Crippen molar-refractivity contribution < 1.29 is 0 Å². The molecule has 0 radical (unpaired) electrons. The molecule has 1 aromatic rings. The van der Waals surface area contributed by atoms with Crippen molar-refractivity contribution in [2.24, 2.45) is 5.92 Å². The van der Waals surface area contributed by atoms with Crippen LogP contribution in [-0.2, 0) is 6.42 Å². The summed E-state index contributed by atoms with van der Waals surface area (Å²) in [5, 5.41) is 0. The lowest BCUT2D eigenvalue weighted by atomic mass is 10.1. The van der Waals surface area contributed by atoms with E-state index in [1.54, 1.807) is 0 Å². The molecule has 0 atom stereocenters. The molecule has 0 heterocycles. The highest BCUT2D eigenvalue weighted by Gasteiger charge is 2.06. The van der Waals surface area contributed by atoms with Crippen LogP contribution in [0.2, 0.25) is 0 Å². The average molecular weight is 290 g/mol. The van der Waals surface area contributed by atoms with Crippen molar-refractivity contribution in [2.45, 2.75) is 39.5 Å². The molecule has 1 aromatic carbocycles. The van der Waals surface area contributed by atoms with Crippen LogP contribution < -0.4 is 0 Å². The summed E-state index contributed by atoms with van der Waals surface area (Å²) >= 11 is 0. The Kier molecular flexibility index (Phi) is 9.36. The predicted octanol–water partition coefficient (Wildman–Crippen LogP) is 3.92. The third-order valence-electron chi connectivity index (χ3n) is 3.93. The third kappa shape index (κ3) is 9.65. The van der Waals surface area contributed by atoms with Crippen LogP contribution in [0.5, 0.6) is 0 Å². The van der Waals surface area contributed by atoms with Gasteiger partial charge in [-0.2, -0.15) is 0 Å². The first-order chi connectivity index (χ1) is 10.1. The maximum Gasteiger partial charge on any atom is 0.0109 e. The van der Waals surface area contributed by atoms with Gasteiger partial charge < -0.3 is 9.80 Å². The van der Waals surface area contributed by atoms with Gasteiger partial charge in [-0.3, -0.25) is 0 Å². The summed E-state index contributed by atoms with van der Waals surface area (Å²) in [6.07, 6.45) is 5.22. The Morgan fingerprint density at radius 1 is 0.857 bits per heavy atom. The van der Waals surface area contributed by atoms with Gasteiger partial charge in [-0.15, -0.1) is 0 Å². The molecule has 0 aliphatic carbocycles. The van der Waals surface area contributed by atoms with E-state index in [2.05, 4.69) is 68.1 Å². The number of unbranched alkanes of at least 4 members (excludes halogenated alkanes) is 1. The maximum atomic E-state index is 2.63. The van der Waals surface area contributed by atoms with Crippen molar-refractivity contribution >= 4 is 0 Å². The predicted molar refractivity (Wildman–Crippen MR) is 93.8 cm³/mol. The summed E-state index contributed by atoms with van der Waals surface area (Å²) in [6.45, 7) is 9.39. The van der Waals surface area contributed by atoms with Crippen molar-refractivity contribution in [3.63, 3.8) is 0 Å². The van der Waals surface area contributed by atoms with E-state index in [9.17, 15) is 0 Å². The van der Waals surface area contributed by atoms with Crippen LogP contribution in [0, 0.1) is 5.92 Å². The van der Waals surface area contributed by atoms with E-state index in [4.69, 9.17) is 0 Å². The van der Waals surface area contributed by atoms with Crippen molar-refractivity contribution in [1.82, 2.24) is 9.80 Å². The lowest BCUT2D eigenvalue weighted by Gasteiger charge is -2.24. The number of rotatable bonds is 11. The van der Waals surface area contributed by atoms with E-state index in [0.717, 1.165) is 12.5 Å². The molecule has 0 bridgehead atoms. The highest BCUT2D eigenvalue weighted by atomic mass is 15.2. The van der Waals surface area contributed by atoms with Gasteiger partial charge in [-0.05, 0) is 45.0 Å². The molecule has 0 aliphatic heterocycles. The monoisotopic (exact) mass is 290 g/mol. The first kappa shape index (κ1) is 18.2. The normalized spacial score (nSPS) is 11.8. The Morgan fingerprint density at radius 2 is 1.57 bits per heavy atom. The van der Waals surface area contributed by atoms with Crippen molar-refractivity contribution in [1.29, 1.82) is 0 Å². The summed E-state index contributed by atoms with van der Waals surface area (Å²) in [5.74, 6) is 0.838. The number of hydrogen-bond donors (Lipinski definition) is 0. The van der Waals surface area contributed by atoms with E-state index in [1.165, 1.54) is 50.9 Å². The Balaban J connectivity index is 2.32. The molecule has 0 unspecified atom stereocenters.